The minimum absolute atomic E-state index is 0.472. The van der Waals surface area contributed by atoms with Crippen LogP contribution in [0.25, 0.3) is 0 Å². The number of aryl methyl sites for hydroxylation is 3. The quantitative estimate of drug-likeness (QED) is 0.834. The van der Waals surface area contributed by atoms with Crippen LogP contribution >= 0.6 is 11.3 Å². The summed E-state index contributed by atoms with van der Waals surface area (Å²) in [7, 11) is -3.35. The lowest BCUT2D eigenvalue weighted by Gasteiger charge is -2.36. The lowest BCUT2D eigenvalue weighted by molar-refractivity contribution is 0.385. The van der Waals surface area contributed by atoms with Crippen LogP contribution in [0.5, 0.6) is 0 Å². The van der Waals surface area contributed by atoms with Crippen LogP contribution < -0.4 is 4.90 Å². The Morgan fingerprint density at radius 2 is 1.62 bits per heavy atom. The molecule has 0 unspecified atom stereocenters. The summed E-state index contributed by atoms with van der Waals surface area (Å²) in [5.74, 6) is 0. The fourth-order valence-electron chi connectivity index (χ4n) is 3.27. The normalized spacial score (nSPS) is 16.5. The number of hydrogen-bond acceptors (Lipinski definition) is 4. The van der Waals surface area contributed by atoms with Gasteiger partial charge in [0.15, 0.2) is 0 Å². The molecule has 6 heteroatoms. The zero-order chi connectivity index (χ0) is 17.3. The fourth-order valence-corrected chi connectivity index (χ4v) is 6.14. The Labute approximate surface area is 148 Å². The van der Waals surface area contributed by atoms with Crippen molar-refractivity contribution in [2.75, 3.05) is 31.1 Å². The van der Waals surface area contributed by atoms with Crippen molar-refractivity contribution in [1.82, 2.24) is 4.31 Å². The molecule has 0 spiro atoms. The number of nitrogens with zero attached hydrogens (tertiary/aromatic N) is 2. The van der Waals surface area contributed by atoms with Crippen LogP contribution in [0.1, 0.15) is 22.9 Å². The molecule has 1 aromatic heterocycles. The summed E-state index contributed by atoms with van der Waals surface area (Å²) in [6.07, 6.45) is 0.876. The van der Waals surface area contributed by atoms with Gasteiger partial charge in [-0.2, -0.15) is 4.31 Å². The van der Waals surface area contributed by atoms with E-state index in [1.165, 1.54) is 28.2 Å². The third-order valence-corrected chi connectivity index (χ3v) is 8.17. The zero-order valence-electron chi connectivity index (χ0n) is 14.4. The van der Waals surface area contributed by atoms with Gasteiger partial charge in [0.1, 0.15) is 4.21 Å². The topological polar surface area (TPSA) is 40.6 Å². The second-order valence-electron chi connectivity index (χ2n) is 6.21. The van der Waals surface area contributed by atoms with E-state index in [1.54, 1.807) is 10.4 Å². The lowest BCUT2D eigenvalue weighted by atomic mass is 10.1. The molecule has 2 heterocycles. The maximum absolute atomic E-state index is 12.8. The first-order valence-corrected chi connectivity index (χ1v) is 10.6. The van der Waals surface area contributed by atoms with E-state index in [0.29, 0.717) is 17.3 Å². The van der Waals surface area contributed by atoms with Crippen molar-refractivity contribution in [3.8, 4) is 0 Å². The molecule has 0 aliphatic carbocycles. The number of para-hydroxylation sites is 1. The summed E-state index contributed by atoms with van der Waals surface area (Å²) in [5.41, 5.74) is 3.74. The highest BCUT2D eigenvalue weighted by Crippen LogP contribution is 2.29. The van der Waals surface area contributed by atoms with Crippen LogP contribution in [0.4, 0.5) is 5.69 Å². The van der Waals surface area contributed by atoms with Gasteiger partial charge >= 0.3 is 0 Å². The molecule has 130 valence electrons. The van der Waals surface area contributed by atoms with E-state index in [1.807, 2.05) is 13.0 Å². The number of anilines is 1. The van der Waals surface area contributed by atoms with E-state index in [9.17, 15) is 8.42 Å². The molecule has 1 aliphatic rings. The van der Waals surface area contributed by atoms with E-state index in [0.717, 1.165) is 24.4 Å². The highest BCUT2D eigenvalue weighted by Gasteiger charge is 2.30. The molecule has 0 bridgehead atoms. The van der Waals surface area contributed by atoms with Crippen LogP contribution in [-0.4, -0.2) is 38.9 Å². The van der Waals surface area contributed by atoms with Crippen LogP contribution in [0.15, 0.2) is 34.5 Å². The Hall–Kier alpha value is -1.37. The van der Waals surface area contributed by atoms with Crippen molar-refractivity contribution < 1.29 is 8.42 Å². The Morgan fingerprint density at radius 1 is 1.00 bits per heavy atom. The molecule has 1 aromatic carbocycles. The minimum Gasteiger partial charge on any atom is -0.368 e. The maximum Gasteiger partial charge on any atom is 0.252 e. The van der Waals surface area contributed by atoms with Crippen molar-refractivity contribution in [2.24, 2.45) is 0 Å². The summed E-state index contributed by atoms with van der Waals surface area (Å²) >= 11 is 1.39. The molecule has 1 saturated heterocycles. The van der Waals surface area contributed by atoms with Gasteiger partial charge in [0.25, 0.3) is 10.0 Å². The number of thiophene rings is 1. The molecule has 0 amide bonds. The first-order valence-electron chi connectivity index (χ1n) is 8.33. The van der Waals surface area contributed by atoms with Gasteiger partial charge in [-0.05, 0) is 43.5 Å². The summed E-state index contributed by atoms with van der Waals surface area (Å²) in [6, 6.07) is 9.96. The molecule has 0 saturated carbocycles. The Morgan fingerprint density at radius 3 is 2.17 bits per heavy atom. The Balaban J connectivity index is 1.75. The monoisotopic (exact) mass is 364 g/mol. The molecule has 0 atom stereocenters. The van der Waals surface area contributed by atoms with E-state index < -0.39 is 10.0 Å². The fraction of sp³-hybridized carbons (Fsp3) is 0.444. The third-order valence-electron chi connectivity index (χ3n) is 4.57. The smallest absolute Gasteiger partial charge is 0.252 e. The van der Waals surface area contributed by atoms with Crippen molar-refractivity contribution >= 4 is 27.0 Å². The molecular formula is C18H24N2O2S2. The predicted molar refractivity (Wildman–Crippen MR) is 101 cm³/mol. The lowest BCUT2D eigenvalue weighted by Crippen LogP contribution is -2.48. The first kappa shape index (κ1) is 17.5. The number of sulfonamides is 1. The van der Waals surface area contributed by atoms with Crippen LogP contribution in [-0.2, 0) is 16.4 Å². The number of piperazine rings is 1. The van der Waals surface area contributed by atoms with E-state index in [-0.39, 0.29) is 0 Å². The first-order chi connectivity index (χ1) is 11.4. The van der Waals surface area contributed by atoms with Gasteiger partial charge in [0.2, 0.25) is 0 Å². The van der Waals surface area contributed by atoms with Crippen molar-refractivity contribution in [1.29, 1.82) is 0 Å². The standard InChI is InChI=1S/C18H24N2O2S2/c1-4-16-8-9-17(23-16)24(21,22)20-12-10-19(11-13-20)18-14(2)6-5-7-15(18)3/h5-9H,4,10-13H2,1-3H3. The molecule has 2 aromatic rings. The van der Waals surface area contributed by atoms with Gasteiger partial charge in [-0.15, -0.1) is 11.3 Å². The largest absolute Gasteiger partial charge is 0.368 e. The van der Waals surface area contributed by atoms with Crippen LogP contribution in [0.3, 0.4) is 0 Å². The molecule has 1 fully saturated rings. The molecule has 0 radical (unpaired) electrons. The van der Waals surface area contributed by atoms with E-state index in [2.05, 4.69) is 36.9 Å². The second-order valence-corrected chi connectivity index (χ2v) is 9.54. The third kappa shape index (κ3) is 3.23. The number of benzene rings is 1. The minimum atomic E-state index is -3.35. The molecule has 1 aliphatic heterocycles. The van der Waals surface area contributed by atoms with Gasteiger partial charge in [0.05, 0.1) is 0 Å². The molecular weight excluding hydrogens is 340 g/mol. The predicted octanol–water partition coefficient (Wildman–Crippen LogP) is 3.44. The number of hydrogen-bond donors (Lipinski definition) is 0. The highest BCUT2D eigenvalue weighted by molar-refractivity contribution is 7.91. The summed E-state index contributed by atoms with van der Waals surface area (Å²) in [6.45, 7) is 8.82. The zero-order valence-corrected chi connectivity index (χ0v) is 16.1. The SMILES string of the molecule is CCc1ccc(S(=O)(=O)N2CCN(c3c(C)cccc3C)CC2)s1. The molecule has 24 heavy (non-hydrogen) atoms. The van der Waals surface area contributed by atoms with Crippen molar-refractivity contribution in [3.63, 3.8) is 0 Å². The van der Waals surface area contributed by atoms with Crippen molar-refractivity contribution in [3.05, 3.63) is 46.3 Å². The highest BCUT2D eigenvalue weighted by atomic mass is 32.2. The van der Waals surface area contributed by atoms with Gasteiger partial charge in [0, 0.05) is 36.7 Å². The van der Waals surface area contributed by atoms with Crippen LogP contribution in [0, 0.1) is 13.8 Å². The van der Waals surface area contributed by atoms with Gasteiger partial charge < -0.3 is 4.90 Å². The maximum atomic E-state index is 12.8. The molecule has 4 nitrogen and oxygen atoms in total. The van der Waals surface area contributed by atoms with E-state index >= 15 is 0 Å². The molecule has 0 N–H and O–H groups in total. The Kier molecular flexibility index (Phi) is 4.99. The second kappa shape index (κ2) is 6.86. The van der Waals surface area contributed by atoms with Gasteiger partial charge in [-0.3, -0.25) is 0 Å². The van der Waals surface area contributed by atoms with E-state index in [4.69, 9.17) is 0 Å². The van der Waals surface area contributed by atoms with Gasteiger partial charge in [-0.1, -0.05) is 25.1 Å². The summed E-state index contributed by atoms with van der Waals surface area (Å²) in [4.78, 5) is 3.42. The summed E-state index contributed by atoms with van der Waals surface area (Å²) in [5, 5.41) is 0. The average molecular weight is 365 g/mol. The number of rotatable bonds is 4. The summed E-state index contributed by atoms with van der Waals surface area (Å²) < 4.78 is 27.7. The van der Waals surface area contributed by atoms with Gasteiger partial charge in [-0.25, -0.2) is 8.42 Å². The molecule has 3 rings (SSSR count). The van der Waals surface area contributed by atoms with Crippen molar-refractivity contribution in [2.45, 2.75) is 31.4 Å². The average Bonchev–Trinajstić information content (AvgIpc) is 3.05. The Bertz CT molecular complexity index is 799. The van der Waals surface area contributed by atoms with Crippen LogP contribution in [0.2, 0.25) is 0 Å².